The summed E-state index contributed by atoms with van der Waals surface area (Å²) >= 11 is 1.69. The van der Waals surface area contributed by atoms with Crippen LogP contribution in [-0.2, 0) is 0 Å². The highest BCUT2D eigenvalue weighted by molar-refractivity contribution is 7.99. The Bertz CT molecular complexity index is 458. The van der Waals surface area contributed by atoms with E-state index < -0.39 is 12.1 Å². The maximum Gasteiger partial charge on any atom is 0.391 e. The summed E-state index contributed by atoms with van der Waals surface area (Å²) in [6.07, 6.45) is -1.74. The molecule has 0 radical (unpaired) electrons. The molecule has 1 fully saturated rings. The van der Waals surface area contributed by atoms with Crippen LogP contribution in [0.2, 0.25) is 0 Å². The van der Waals surface area contributed by atoms with Gasteiger partial charge in [0.2, 0.25) is 0 Å². The third-order valence-corrected chi connectivity index (χ3v) is 5.67. The Morgan fingerprint density at radius 2 is 1.76 bits per heavy atom. The Balaban J connectivity index is 2.31. The zero-order valence-corrected chi connectivity index (χ0v) is 13.5. The molecular formula is C16H22F3NS. The van der Waals surface area contributed by atoms with E-state index in [1.165, 1.54) is 0 Å². The normalized spacial score (nSPS) is 25.0. The van der Waals surface area contributed by atoms with Gasteiger partial charge in [0.1, 0.15) is 0 Å². The lowest BCUT2D eigenvalue weighted by atomic mass is 9.86. The van der Waals surface area contributed by atoms with E-state index in [2.05, 4.69) is 18.7 Å². The predicted octanol–water partition coefficient (Wildman–Crippen LogP) is 5.10. The lowest BCUT2D eigenvalue weighted by Gasteiger charge is -2.48. The van der Waals surface area contributed by atoms with E-state index in [9.17, 15) is 13.2 Å². The highest BCUT2D eigenvalue weighted by Gasteiger charge is 2.47. The quantitative estimate of drug-likeness (QED) is 0.763. The number of nitrogens with zero attached hydrogens (tertiary/aromatic N) is 1. The molecule has 5 heteroatoms. The number of thioether (sulfide) groups is 1. The van der Waals surface area contributed by atoms with E-state index >= 15 is 0 Å². The predicted molar refractivity (Wildman–Crippen MR) is 82.3 cm³/mol. The van der Waals surface area contributed by atoms with Crippen molar-refractivity contribution in [3.8, 4) is 0 Å². The summed E-state index contributed by atoms with van der Waals surface area (Å²) in [5.41, 5.74) is 0.980. The van der Waals surface area contributed by atoms with Crippen molar-refractivity contribution in [3.63, 3.8) is 0 Å². The lowest BCUT2D eigenvalue weighted by molar-refractivity contribution is -0.192. The third-order valence-electron chi connectivity index (χ3n) is 4.44. The van der Waals surface area contributed by atoms with Crippen LogP contribution in [0.5, 0.6) is 0 Å². The van der Waals surface area contributed by atoms with Crippen LogP contribution >= 0.6 is 11.8 Å². The molecular weight excluding hydrogens is 295 g/mol. The SMILES string of the molecule is CSC(C)(C)N1CC[C@H](C(F)(F)F)C[C@H]1c1ccccc1. The highest BCUT2D eigenvalue weighted by atomic mass is 32.2. The average molecular weight is 317 g/mol. The minimum absolute atomic E-state index is 0.150. The van der Waals surface area contributed by atoms with E-state index in [4.69, 9.17) is 0 Å². The number of halogens is 3. The van der Waals surface area contributed by atoms with E-state index in [1.807, 2.05) is 36.6 Å². The standard InChI is InChI=1S/C16H22F3NS/c1-15(2,21-3)20-10-9-13(16(17,18)19)11-14(20)12-7-5-4-6-8-12/h4-8,13-14H,9-11H2,1-3H3/t13-,14-/m0/s1. The number of hydrogen-bond donors (Lipinski definition) is 0. The highest BCUT2D eigenvalue weighted by Crippen LogP contribution is 2.46. The van der Waals surface area contributed by atoms with Crippen LogP contribution < -0.4 is 0 Å². The van der Waals surface area contributed by atoms with Gasteiger partial charge < -0.3 is 0 Å². The molecule has 2 atom stereocenters. The first-order chi connectivity index (χ1) is 9.75. The molecule has 1 aliphatic heterocycles. The largest absolute Gasteiger partial charge is 0.391 e. The molecule has 0 unspecified atom stereocenters. The van der Waals surface area contributed by atoms with Crippen LogP contribution in [-0.4, -0.2) is 28.7 Å². The maximum absolute atomic E-state index is 13.1. The molecule has 0 aromatic heterocycles. The van der Waals surface area contributed by atoms with E-state index in [0.717, 1.165) is 5.56 Å². The molecule has 0 amide bonds. The molecule has 0 N–H and O–H groups in total. The molecule has 0 aliphatic carbocycles. The molecule has 0 saturated carbocycles. The van der Waals surface area contributed by atoms with Crippen LogP contribution in [0.1, 0.15) is 38.3 Å². The molecule has 1 aromatic rings. The van der Waals surface area contributed by atoms with E-state index in [-0.39, 0.29) is 23.8 Å². The minimum Gasteiger partial charge on any atom is -0.282 e. The Hall–Kier alpha value is -0.680. The lowest BCUT2D eigenvalue weighted by Crippen LogP contribution is -2.49. The van der Waals surface area contributed by atoms with Gasteiger partial charge in [0.15, 0.2) is 0 Å². The zero-order valence-electron chi connectivity index (χ0n) is 12.7. The molecule has 0 spiro atoms. The number of hydrogen-bond acceptors (Lipinski definition) is 2. The van der Waals surface area contributed by atoms with Gasteiger partial charge in [-0.15, -0.1) is 11.8 Å². The van der Waals surface area contributed by atoms with Gasteiger partial charge in [0, 0.05) is 12.6 Å². The Morgan fingerprint density at radius 1 is 1.14 bits per heavy atom. The average Bonchev–Trinajstić information content (AvgIpc) is 2.46. The second-order valence-corrected chi connectivity index (χ2v) is 7.44. The first-order valence-corrected chi connectivity index (χ1v) is 8.41. The van der Waals surface area contributed by atoms with Gasteiger partial charge in [0.25, 0.3) is 0 Å². The monoisotopic (exact) mass is 317 g/mol. The van der Waals surface area contributed by atoms with Crippen LogP contribution in [0.25, 0.3) is 0 Å². The van der Waals surface area contributed by atoms with Crippen LogP contribution in [0.3, 0.4) is 0 Å². The van der Waals surface area contributed by atoms with Gasteiger partial charge in [-0.1, -0.05) is 30.3 Å². The van der Waals surface area contributed by atoms with Crippen molar-refractivity contribution >= 4 is 11.8 Å². The minimum atomic E-state index is -4.09. The molecule has 1 heterocycles. The van der Waals surface area contributed by atoms with Crippen molar-refractivity contribution < 1.29 is 13.2 Å². The van der Waals surface area contributed by atoms with E-state index in [1.54, 1.807) is 11.8 Å². The fourth-order valence-electron chi connectivity index (χ4n) is 3.02. The maximum atomic E-state index is 13.1. The number of piperidine rings is 1. The van der Waals surface area contributed by atoms with Crippen molar-refractivity contribution in [3.05, 3.63) is 35.9 Å². The van der Waals surface area contributed by atoms with E-state index in [0.29, 0.717) is 6.54 Å². The smallest absolute Gasteiger partial charge is 0.282 e. The summed E-state index contributed by atoms with van der Waals surface area (Å²) in [7, 11) is 0. The van der Waals surface area contributed by atoms with Gasteiger partial charge in [-0.2, -0.15) is 13.2 Å². The number of alkyl halides is 3. The van der Waals surface area contributed by atoms with Gasteiger partial charge >= 0.3 is 6.18 Å². The first kappa shape index (κ1) is 16.7. The molecule has 1 saturated heterocycles. The second kappa shape index (κ2) is 6.21. The van der Waals surface area contributed by atoms with Crippen molar-refractivity contribution in [1.29, 1.82) is 0 Å². The summed E-state index contributed by atoms with van der Waals surface area (Å²) in [4.78, 5) is 2.05. The van der Waals surface area contributed by atoms with Gasteiger partial charge in [-0.25, -0.2) is 0 Å². The fourth-order valence-corrected chi connectivity index (χ4v) is 3.47. The Morgan fingerprint density at radius 3 is 2.29 bits per heavy atom. The van der Waals surface area contributed by atoms with Crippen molar-refractivity contribution in [1.82, 2.24) is 4.90 Å². The van der Waals surface area contributed by atoms with Crippen molar-refractivity contribution in [2.75, 3.05) is 12.8 Å². The van der Waals surface area contributed by atoms with Gasteiger partial charge in [0.05, 0.1) is 10.8 Å². The van der Waals surface area contributed by atoms with Gasteiger partial charge in [-0.3, -0.25) is 4.90 Å². The molecule has 21 heavy (non-hydrogen) atoms. The molecule has 2 rings (SSSR count). The van der Waals surface area contributed by atoms with Crippen molar-refractivity contribution in [2.45, 2.75) is 43.8 Å². The summed E-state index contributed by atoms with van der Waals surface area (Å²) in [6.45, 7) is 4.65. The molecule has 1 aliphatic rings. The molecule has 1 nitrogen and oxygen atoms in total. The molecule has 0 bridgehead atoms. The van der Waals surface area contributed by atoms with Crippen molar-refractivity contribution in [2.24, 2.45) is 5.92 Å². The van der Waals surface area contributed by atoms with Crippen LogP contribution in [0.15, 0.2) is 30.3 Å². The zero-order chi connectivity index (χ0) is 15.7. The summed E-state index contributed by atoms with van der Waals surface area (Å²) in [5.74, 6) is -1.20. The summed E-state index contributed by atoms with van der Waals surface area (Å²) in [5, 5.41) is 0. The molecule has 1 aromatic carbocycles. The molecule has 118 valence electrons. The second-order valence-electron chi connectivity index (χ2n) is 6.03. The van der Waals surface area contributed by atoms with Gasteiger partial charge in [-0.05, 0) is 38.5 Å². The Kier molecular flexibility index (Phi) is 4.93. The summed E-state index contributed by atoms with van der Waals surface area (Å²) in [6, 6.07) is 9.40. The number of benzene rings is 1. The third kappa shape index (κ3) is 3.75. The fraction of sp³-hybridized carbons (Fsp3) is 0.625. The Labute approximate surface area is 128 Å². The summed E-state index contributed by atoms with van der Waals surface area (Å²) < 4.78 is 39.3. The van der Waals surface area contributed by atoms with Crippen LogP contribution in [0, 0.1) is 5.92 Å². The number of likely N-dealkylation sites (tertiary alicyclic amines) is 1. The topological polar surface area (TPSA) is 3.24 Å². The number of rotatable bonds is 3. The van der Waals surface area contributed by atoms with Crippen LogP contribution in [0.4, 0.5) is 13.2 Å². The first-order valence-electron chi connectivity index (χ1n) is 7.19.